The molecule has 0 atom stereocenters. The summed E-state index contributed by atoms with van der Waals surface area (Å²) in [5.74, 6) is -1.14. The first kappa shape index (κ1) is 20.9. The van der Waals surface area contributed by atoms with E-state index in [1.54, 1.807) is 30.3 Å². The Labute approximate surface area is 171 Å². The Morgan fingerprint density at radius 3 is 2.69 bits per heavy atom. The van der Waals surface area contributed by atoms with Crippen LogP contribution in [0.2, 0.25) is 0 Å². The first-order chi connectivity index (χ1) is 14.0. The van der Waals surface area contributed by atoms with E-state index in [0.29, 0.717) is 22.6 Å². The van der Waals surface area contributed by atoms with E-state index in [9.17, 15) is 13.6 Å². The molecule has 7 heteroatoms. The van der Waals surface area contributed by atoms with Crippen molar-refractivity contribution in [2.24, 2.45) is 4.99 Å². The Bertz CT molecular complexity index is 1080. The molecular weight excluding hydrogens is 394 g/mol. The number of ether oxygens (including phenoxy) is 1. The molecule has 1 aromatic heterocycles. The number of carbonyl (C=O) groups excluding carboxylic acids is 1. The monoisotopic (exact) mass is 416 g/mol. The maximum Gasteiger partial charge on any atom is 0.279 e. The molecule has 0 saturated heterocycles. The summed E-state index contributed by atoms with van der Waals surface area (Å²) in [5, 5.41) is 0. The van der Waals surface area contributed by atoms with Crippen LogP contribution in [0.25, 0.3) is 10.2 Å². The lowest BCUT2D eigenvalue weighted by Gasteiger charge is -2.06. The van der Waals surface area contributed by atoms with Gasteiger partial charge in [0, 0.05) is 18.2 Å². The second kappa shape index (κ2) is 9.60. The van der Waals surface area contributed by atoms with Gasteiger partial charge in [-0.3, -0.25) is 4.79 Å². The van der Waals surface area contributed by atoms with Crippen LogP contribution in [0.1, 0.15) is 36.5 Å². The molecule has 0 aliphatic heterocycles. The van der Waals surface area contributed by atoms with Gasteiger partial charge in [0.15, 0.2) is 10.6 Å². The minimum Gasteiger partial charge on any atom is -0.494 e. The molecule has 0 unspecified atom stereocenters. The van der Waals surface area contributed by atoms with Gasteiger partial charge >= 0.3 is 0 Å². The highest BCUT2D eigenvalue weighted by Gasteiger charge is 2.14. The van der Waals surface area contributed by atoms with Crippen molar-refractivity contribution in [1.82, 2.24) is 4.57 Å². The van der Waals surface area contributed by atoms with Crippen LogP contribution in [-0.2, 0) is 6.54 Å². The lowest BCUT2D eigenvalue weighted by Crippen LogP contribution is -2.16. The number of aromatic nitrogens is 1. The number of thiazole rings is 1. The third-order valence-corrected chi connectivity index (χ3v) is 5.35. The summed E-state index contributed by atoms with van der Waals surface area (Å²) in [6.45, 7) is 6.67. The van der Waals surface area contributed by atoms with Crippen LogP contribution in [0.5, 0.6) is 5.75 Å². The van der Waals surface area contributed by atoms with Crippen LogP contribution < -0.4 is 9.54 Å². The van der Waals surface area contributed by atoms with E-state index in [1.807, 2.05) is 0 Å². The standard InChI is InChI=1S/C22H22F2N2O2S/c1-3-5-6-12-28-17-9-7-15(8-10-17)21(27)25-22-26(11-4-2)20-18(24)13-16(23)14-19(20)29-22/h4,7-10,13-14H,2-3,5-6,11-12H2,1H3. The highest BCUT2D eigenvalue weighted by molar-refractivity contribution is 7.16. The zero-order chi connectivity index (χ0) is 20.8. The zero-order valence-corrected chi connectivity index (χ0v) is 17.0. The van der Waals surface area contributed by atoms with Gasteiger partial charge < -0.3 is 9.30 Å². The average Bonchev–Trinajstić information content (AvgIpc) is 3.03. The van der Waals surface area contributed by atoms with E-state index in [0.717, 1.165) is 36.7 Å². The van der Waals surface area contributed by atoms with Gasteiger partial charge in [0.2, 0.25) is 0 Å². The number of rotatable bonds is 8. The number of hydrogen-bond acceptors (Lipinski definition) is 3. The average molecular weight is 416 g/mol. The third kappa shape index (κ3) is 4.98. The number of unbranched alkanes of at least 4 members (excludes halogenated alkanes) is 2. The smallest absolute Gasteiger partial charge is 0.279 e. The minimum atomic E-state index is -0.698. The predicted octanol–water partition coefficient (Wildman–Crippen LogP) is 5.48. The van der Waals surface area contributed by atoms with Gasteiger partial charge in [-0.15, -0.1) is 6.58 Å². The molecule has 0 N–H and O–H groups in total. The molecule has 3 aromatic rings. The summed E-state index contributed by atoms with van der Waals surface area (Å²) in [6.07, 6.45) is 4.79. The summed E-state index contributed by atoms with van der Waals surface area (Å²) in [7, 11) is 0. The fourth-order valence-electron chi connectivity index (χ4n) is 2.90. The van der Waals surface area contributed by atoms with Crippen molar-refractivity contribution >= 4 is 27.5 Å². The largest absolute Gasteiger partial charge is 0.494 e. The number of allylic oxidation sites excluding steroid dienone is 1. The molecule has 0 bridgehead atoms. The number of hydrogen-bond donors (Lipinski definition) is 0. The highest BCUT2D eigenvalue weighted by atomic mass is 32.1. The number of benzene rings is 2. The highest BCUT2D eigenvalue weighted by Crippen LogP contribution is 2.22. The molecule has 1 amide bonds. The maximum absolute atomic E-state index is 14.3. The third-order valence-electron chi connectivity index (χ3n) is 4.32. The number of nitrogens with zero attached hydrogens (tertiary/aromatic N) is 2. The molecule has 0 aliphatic carbocycles. The first-order valence-corrected chi connectivity index (χ1v) is 10.3. The second-order valence-electron chi connectivity index (χ2n) is 6.52. The Hall–Kier alpha value is -2.80. The summed E-state index contributed by atoms with van der Waals surface area (Å²) >= 11 is 1.06. The number of halogens is 2. The number of amides is 1. The lowest BCUT2D eigenvalue weighted by molar-refractivity contribution is 0.0998. The molecule has 0 saturated carbocycles. The van der Waals surface area contributed by atoms with Crippen molar-refractivity contribution in [3.05, 3.63) is 71.1 Å². The summed E-state index contributed by atoms with van der Waals surface area (Å²) in [6, 6.07) is 8.80. The van der Waals surface area contributed by atoms with E-state index in [2.05, 4.69) is 18.5 Å². The zero-order valence-electron chi connectivity index (χ0n) is 16.2. The first-order valence-electron chi connectivity index (χ1n) is 9.44. The van der Waals surface area contributed by atoms with E-state index < -0.39 is 17.5 Å². The summed E-state index contributed by atoms with van der Waals surface area (Å²) < 4.78 is 35.4. The topological polar surface area (TPSA) is 43.6 Å². The van der Waals surface area contributed by atoms with Crippen molar-refractivity contribution in [1.29, 1.82) is 0 Å². The molecule has 4 nitrogen and oxygen atoms in total. The van der Waals surface area contributed by atoms with Gasteiger partial charge in [-0.2, -0.15) is 4.99 Å². The van der Waals surface area contributed by atoms with Crippen molar-refractivity contribution in [3.63, 3.8) is 0 Å². The second-order valence-corrected chi connectivity index (χ2v) is 7.52. The van der Waals surface area contributed by atoms with E-state index in [1.165, 1.54) is 10.6 Å². The van der Waals surface area contributed by atoms with Crippen LogP contribution in [0.15, 0.2) is 54.0 Å². The molecule has 0 radical (unpaired) electrons. The molecule has 152 valence electrons. The molecule has 29 heavy (non-hydrogen) atoms. The van der Waals surface area contributed by atoms with Crippen molar-refractivity contribution < 1.29 is 18.3 Å². The van der Waals surface area contributed by atoms with Crippen LogP contribution in [0, 0.1) is 11.6 Å². The van der Waals surface area contributed by atoms with Crippen LogP contribution in [0.4, 0.5) is 8.78 Å². The van der Waals surface area contributed by atoms with Gasteiger partial charge in [0.1, 0.15) is 11.6 Å². The normalized spacial score (nSPS) is 11.8. The van der Waals surface area contributed by atoms with Gasteiger partial charge in [0.05, 0.1) is 16.8 Å². The van der Waals surface area contributed by atoms with Gasteiger partial charge in [-0.25, -0.2) is 8.78 Å². The Balaban J connectivity index is 1.88. The molecule has 0 fully saturated rings. The van der Waals surface area contributed by atoms with Gasteiger partial charge in [-0.05, 0) is 36.8 Å². The molecular formula is C22H22F2N2O2S. The Morgan fingerprint density at radius 2 is 2.00 bits per heavy atom. The fourth-order valence-corrected chi connectivity index (χ4v) is 3.98. The molecule has 0 aliphatic rings. The van der Waals surface area contributed by atoms with Crippen molar-refractivity contribution in [3.8, 4) is 5.75 Å². The van der Waals surface area contributed by atoms with E-state index in [4.69, 9.17) is 4.74 Å². The van der Waals surface area contributed by atoms with Crippen LogP contribution >= 0.6 is 11.3 Å². The Morgan fingerprint density at radius 1 is 1.24 bits per heavy atom. The molecule has 3 rings (SSSR count). The Kier molecular flexibility index (Phi) is 6.93. The minimum absolute atomic E-state index is 0.207. The molecule has 1 heterocycles. The van der Waals surface area contributed by atoms with E-state index in [-0.39, 0.29) is 16.9 Å². The summed E-state index contributed by atoms with van der Waals surface area (Å²) in [5.41, 5.74) is 0.596. The van der Waals surface area contributed by atoms with Gasteiger partial charge in [-0.1, -0.05) is 37.2 Å². The molecule has 0 spiro atoms. The maximum atomic E-state index is 14.3. The van der Waals surface area contributed by atoms with Crippen LogP contribution in [-0.4, -0.2) is 17.1 Å². The van der Waals surface area contributed by atoms with Crippen molar-refractivity contribution in [2.75, 3.05) is 6.61 Å². The fraction of sp³-hybridized carbons (Fsp3) is 0.273. The number of fused-ring (bicyclic) bond motifs is 1. The predicted molar refractivity (Wildman–Crippen MR) is 111 cm³/mol. The SMILES string of the molecule is C=CCn1c(=NC(=O)c2ccc(OCCCCC)cc2)sc2cc(F)cc(F)c21. The van der Waals surface area contributed by atoms with Gasteiger partial charge in [0.25, 0.3) is 5.91 Å². The lowest BCUT2D eigenvalue weighted by atomic mass is 10.2. The quantitative estimate of drug-likeness (QED) is 0.361. The summed E-state index contributed by atoms with van der Waals surface area (Å²) in [4.78, 5) is 17.0. The molecule has 2 aromatic carbocycles. The number of carbonyl (C=O) groups is 1. The van der Waals surface area contributed by atoms with Crippen LogP contribution in [0.3, 0.4) is 0 Å². The van der Waals surface area contributed by atoms with Crippen molar-refractivity contribution in [2.45, 2.75) is 32.7 Å². The van der Waals surface area contributed by atoms with E-state index >= 15 is 0 Å².